The fourth-order valence-electron chi connectivity index (χ4n) is 2.85. The number of hydrogen-bond donors (Lipinski definition) is 2. The van der Waals surface area contributed by atoms with E-state index in [1.165, 1.54) is 24.2 Å². The van der Waals surface area contributed by atoms with Crippen molar-refractivity contribution in [3.8, 4) is 0 Å². The maximum Gasteiger partial charge on any atom is 0.234 e. The van der Waals surface area contributed by atoms with Gasteiger partial charge in [0.2, 0.25) is 11.8 Å². The van der Waals surface area contributed by atoms with Gasteiger partial charge in [-0.1, -0.05) is 24.8 Å². The van der Waals surface area contributed by atoms with Gasteiger partial charge in [-0.2, -0.15) is 0 Å². The van der Waals surface area contributed by atoms with E-state index in [1.54, 1.807) is 24.3 Å². The highest BCUT2D eigenvalue weighted by Crippen LogP contribution is 2.25. The maximum absolute atomic E-state index is 12.3. The second-order valence-corrected chi connectivity index (χ2v) is 7.55. The van der Waals surface area contributed by atoms with Gasteiger partial charge in [0.1, 0.15) is 5.03 Å². The van der Waals surface area contributed by atoms with Gasteiger partial charge < -0.3 is 10.6 Å². The lowest BCUT2D eigenvalue weighted by atomic mass is 10.1. The summed E-state index contributed by atoms with van der Waals surface area (Å²) in [6, 6.07) is 15.5. The van der Waals surface area contributed by atoms with Gasteiger partial charge in [0.15, 0.2) is 0 Å². The van der Waals surface area contributed by atoms with Crippen molar-refractivity contribution in [3.05, 3.63) is 59.7 Å². The first-order chi connectivity index (χ1) is 13.4. The Balaban J connectivity index is 1.62. The van der Waals surface area contributed by atoms with Crippen LogP contribution >= 0.6 is 11.8 Å². The van der Waals surface area contributed by atoms with Crippen molar-refractivity contribution < 1.29 is 9.59 Å². The van der Waals surface area contributed by atoms with E-state index in [0.717, 1.165) is 27.9 Å². The van der Waals surface area contributed by atoms with Crippen LogP contribution in [0.25, 0.3) is 10.9 Å². The lowest BCUT2D eigenvalue weighted by molar-refractivity contribution is -0.114. The van der Waals surface area contributed by atoms with E-state index < -0.39 is 0 Å². The van der Waals surface area contributed by atoms with E-state index in [9.17, 15) is 9.59 Å². The topological polar surface area (TPSA) is 71.1 Å². The lowest BCUT2D eigenvalue weighted by Crippen LogP contribution is -2.14. The maximum atomic E-state index is 12.3. The molecular formula is C22H23N3O2S. The van der Waals surface area contributed by atoms with Crippen molar-refractivity contribution in [2.75, 3.05) is 16.4 Å². The molecule has 3 rings (SSSR count). The Morgan fingerprint density at radius 2 is 1.68 bits per heavy atom. The second-order valence-electron chi connectivity index (χ2n) is 6.59. The minimum Gasteiger partial charge on any atom is -0.326 e. The number of nitrogens with zero attached hydrogens (tertiary/aromatic N) is 1. The summed E-state index contributed by atoms with van der Waals surface area (Å²) in [7, 11) is 0. The number of thioether (sulfide) groups is 1. The Morgan fingerprint density at radius 3 is 2.32 bits per heavy atom. The smallest absolute Gasteiger partial charge is 0.234 e. The zero-order valence-corrected chi connectivity index (χ0v) is 17.0. The summed E-state index contributed by atoms with van der Waals surface area (Å²) in [5.41, 5.74) is 4.69. The molecule has 0 aliphatic carbocycles. The van der Waals surface area contributed by atoms with Crippen molar-refractivity contribution in [1.82, 2.24) is 4.98 Å². The van der Waals surface area contributed by atoms with Crippen LogP contribution in [0.4, 0.5) is 11.4 Å². The molecule has 0 bridgehead atoms. The molecular weight excluding hydrogens is 370 g/mol. The molecule has 28 heavy (non-hydrogen) atoms. The Kier molecular flexibility index (Phi) is 6.31. The first kappa shape index (κ1) is 19.9. The van der Waals surface area contributed by atoms with Gasteiger partial charge in [-0.25, -0.2) is 4.98 Å². The SMILES string of the molecule is CCc1ccc2nc(SCC(=O)Nc3ccc(NC(C)=O)cc3)c(C)cc2c1. The van der Waals surface area contributed by atoms with E-state index in [2.05, 4.69) is 35.8 Å². The fourth-order valence-corrected chi connectivity index (χ4v) is 3.64. The minimum atomic E-state index is -0.127. The molecule has 0 saturated heterocycles. The molecule has 0 aliphatic rings. The summed E-state index contributed by atoms with van der Waals surface area (Å²) in [4.78, 5) is 28.0. The molecule has 6 heteroatoms. The quantitative estimate of drug-likeness (QED) is 0.591. The molecule has 0 atom stereocenters. The third-order valence-electron chi connectivity index (χ3n) is 4.26. The predicted molar refractivity (Wildman–Crippen MR) is 116 cm³/mol. The molecule has 0 unspecified atom stereocenters. The number of rotatable bonds is 6. The zero-order chi connectivity index (χ0) is 20.1. The van der Waals surface area contributed by atoms with Gasteiger partial charge >= 0.3 is 0 Å². The average Bonchev–Trinajstić information content (AvgIpc) is 2.67. The highest BCUT2D eigenvalue weighted by atomic mass is 32.2. The molecule has 3 aromatic rings. The zero-order valence-electron chi connectivity index (χ0n) is 16.2. The highest BCUT2D eigenvalue weighted by molar-refractivity contribution is 8.00. The average molecular weight is 394 g/mol. The van der Waals surface area contributed by atoms with E-state index in [1.807, 2.05) is 13.0 Å². The summed E-state index contributed by atoms with van der Waals surface area (Å²) in [5, 5.41) is 7.56. The van der Waals surface area contributed by atoms with Gasteiger partial charge in [0, 0.05) is 23.7 Å². The van der Waals surface area contributed by atoms with Crippen LogP contribution in [0.3, 0.4) is 0 Å². The molecule has 0 fully saturated rings. The third-order valence-corrected chi connectivity index (χ3v) is 5.35. The summed E-state index contributed by atoms with van der Waals surface area (Å²) in [6.07, 6.45) is 0.997. The summed E-state index contributed by atoms with van der Waals surface area (Å²) < 4.78 is 0. The van der Waals surface area contributed by atoms with Crippen molar-refractivity contribution >= 4 is 45.9 Å². The van der Waals surface area contributed by atoms with Crippen LogP contribution in [-0.4, -0.2) is 22.6 Å². The van der Waals surface area contributed by atoms with E-state index in [0.29, 0.717) is 11.4 Å². The lowest BCUT2D eigenvalue weighted by Gasteiger charge is -2.09. The van der Waals surface area contributed by atoms with Crippen LogP contribution in [0.15, 0.2) is 53.6 Å². The molecule has 2 N–H and O–H groups in total. The van der Waals surface area contributed by atoms with E-state index >= 15 is 0 Å². The van der Waals surface area contributed by atoms with Crippen LogP contribution in [0.1, 0.15) is 25.0 Å². The number of benzene rings is 2. The molecule has 144 valence electrons. The predicted octanol–water partition coefficient (Wildman–Crippen LogP) is 4.79. The van der Waals surface area contributed by atoms with Crippen molar-refractivity contribution in [3.63, 3.8) is 0 Å². The number of carbonyl (C=O) groups excluding carboxylic acids is 2. The first-order valence-corrected chi connectivity index (χ1v) is 10.1. The third kappa shape index (κ3) is 5.10. The Labute approximate surface area is 168 Å². The number of anilines is 2. The molecule has 2 amide bonds. The number of pyridine rings is 1. The van der Waals surface area contributed by atoms with Crippen LogP contribution in [0.2, 0.25) is 0 Å². The van der Waals surface area contributed by atoms with Gasteiger partial charge in [0.25, 0.3) is 0 Å². The molecule has 1 heterocycles. The Morgan fingerprint density at radius 1 is 1.00 bits per heavy atom. The van der Waals surface area contributed by atoms with Crippen LogP contribution < -0.4 is 10.6 Å². The van der Waals surface area contributed by atoms with Crippen molar-refractivity contribution in [1.29, 1.82) is 0 Å². The highest BCUT2D eigenvalue weighted by Gasteiger charge is 2.09. The number of fused-ring (bicyclic) bond motifs is 1. The Bertz CT molecular complexity index is 1020. The summed E-state index contributed by atoms with van der Waals surface area (Å²) in [6.45, 7) is 5.61. The number of hydrogen-bond acceptors (Lipinski definition) is 4. The molecule has 0 saturated carbocycles. The van der Waals surface area contributed by atoms with Crippen LogP contribution in [0.5, 0.6) is 0 Å². The molecule has 1 aromatic heterocycles. The van der Waals surface area contributed by atoms with Crippen molar-refractivity contribution in [2.24, 2.45) is 0 Å². The van der Waals surface area contributed by atoms with Gasteiger partial charge in [0.05, 0.1) is 11.3 Å². The number of nitrogens with one attached hydrogen (secondary N) is 2. The van der Waals surface area contributed by atoms with E-state index in [-0.39, 0.29) is 17.6 Å². The largest absolute Gasteiger partial charge is 0.326 e. The van der Waals surface area contributed by atoms with Crippen molar-refractivity contribution in [2.45, 2.75) is 32.2 Å². The molecule has 0 radical (unpaired) electrons. The van der Waals surface area contributed by atoms with Gasteiger partial charge in [-0.3, -0.25) is 9.59 Å². The number of carbonyl (C=O) groups is 2. The van der Waals surface area contributed by atoms with Gasteiger partial charge in [-0.05, 0) is 66.9 Å². The second kappa shape index (κ2) is 8.89. The Hall–Kier alpha value is -2.86. The monoisotopic (exact) mass is 393 g/mol. The summed E-state index contributed by atoms with van der Waals surface area (Å²) >= 11 is 1.43. The standard InChI is InChI=1S/C22H23N3O2S/c1-4-16-5-10-20-17(12-16)11-14(2)22(25-20)28-13-21(27)24-19-8-6-18(7-9-19)23-15(3)26/h5-12H,4,13H2,1-3H3,(H,23,26)(H,24,27). The number of amides is 2. The molecule has 0 aliphatic heterocycles. The fraction of sp³-hybridized carbons (Fsp3) is 0.227. The summed E-state index contributed by atoms with van der Waals surface area (Å²) in [5.74, 6) is 0.0529. The number of aryl methyl sites for hydroxylation is 2. The van der Waals surface area contributed by atoms with E-state index in [4.69, 9.17) is 4.98 Å². The minimum absolute atomic E-state index is 0.0973. The number of aromatic nitrogens is 1. The van der Waals surface area contributed by atoms with Crippen LogP contribution in [-0.2, 0) is 16.0 Å². The first-order valence-electron chi connectivity index (χ1n) is 9.15. The normalized spacial score (nSPS) is 10.7. The molecule has 2 aromatic carbocycles. The van der Waals surface area contributed by atoms with Gasteiger partial charge in [-0.15, -0.1) is 0 Å². The molecule has 0 spiro atoms. The molecule has 5 nitrogen and oxygen atoms in total. The van der Waals surface area contributed by atoms with Crippen LogP contribution in [0, 0.1) is 6.92 Å².